The summed E-state index contributed by atoms with van der Waals surface area (Å²) in [6.07, 6.45) is 0. The molecule has 3 aromatic rings. The Balaban J connectivity index is 1.76. The molecule has 0 aliphatic heterocycles. The van der Waals surface area contributed by atoms with E-state index in [1.54, 1.807) is 28.8 Å². The van der Waals surface area contributed by atoms with E-state index in [4.69, 9.17) is 0 Å². The highest BCUT2D eigenvalue weighted by Gasteiger charge is 2.19. The molecule has 1 heterocycles. The number of carbonyl (C=O) groups is 1. The normalized spacial score (nSPS) is 12.3. The fourth-order valence-corrected chi connectivity index (χ4v) is 4.06. The number of para-hydroxylation sites is 1. The van der Waals surface area contributed by atoms with Crippen LogP contribution in [0, 0.1) is 11.7 Å². The number of fused-ring (bicyclic) bond motifs is 1. The van der Waals surface area contributed by atoms with Gasteiger partial charge in [0.05, 0.1) is 22.7 Å². The van der Waals surface area contributed by atoms with Gasteiger partial charge in [0.25, 0.3) is 5.56 Å². The molecule has 0 spiro atoms. The average Bonchev–Trinajstić information content (AvgIpc) is 2.71. The number of hydrogen-bond acceptors (Lipinski definition) is 4. The first-order valence-electron chi connectivity index (χ1n) is 9.58. The van der Waals surface area contributed by atoms with Crippen LogP contribution in [0.3, 0.4) is 0 Å². The predicted molar refractivity (Wildman–Crippen MR) is 115 cm³/mol. The van der Waals surface area contributed by atoms with Crippen LogP contribution in [0.1, 0.15) is 32.4 Å². The van der Waals surface area contributed by atoms with Crippen molar-refractivity contribution >= 4 is 28.6 Å². The molecule has 1 N–H and O–H groups in total. The number of hydrogen-bond donors (Lipinski definition) is 1. The number of carbonyl (C=O) groups excluding carboxylic acids is 1. The van der Waals surface area contributed by atoms with Gasteiger partial charge < -0.3 is 5.32 Å². The number of rotatable bonds is 7. The summed E-state index contributed by atoms with van der Waals surface area (Å²) in [7, 11) is 0. The molecule has 2 aromatic carbocycles. The van der Waals surface area contributed by atoms with E-state index in [0.29, 0.717) is 22.6 Å². The molecule has 0 fully saturated rings. The van der Waals surface area contributed by atoms with E-state index < -0.39 is 0 Å². The van der Waals surface area contributed by atoms with Gasteiger partial charge in [-0.15, -0.1) is 0 Å². The quantitative estimate of drug-likeness (QED) is 0.467. The maximum Gasteiger partial charge on any atom is 0.262 e. The minimum atomic E-state index is -0.307. The van der Waals surface area contributed by atoms with E-state index in [1.807, 2.05) is 32.9 Å². The first-order chi connectivity index (χ1) is 13.9. The highest BCUT2D eigenvalue weighted by atomic mass is 32.2. The lowest BCUT2D eigenvalue weighted by molar-refractivity contribution is -0.119. The second kappa shape index (κ2) is 9.22. The van der Waals surface area contributed by atoms with E-state index in [1.165, 1.54) is 23.9 Å². The maximum absolute atomic E-state index is 13.2. The largest absolute Gasteiger partial charge is 0.348 e. The number of amides is 1. The predicted octanol–water partition coefficient (Wildman–Crippen LogP) is 4.16. The van der Waals surface area contributed by atoms with E-state index in [9.17, 15) is 14.0 Å². The van der Waals surface area contributed by atoms with E-state index >= 15 is 0 Å². The maximum atomic E-state index is 13.2. The molecule has 0 radical (unpaired) electrons. The molecule has 3 rings (SSSR count). The molecular weight excluding hydrogens is 389 g/mol. The molecule has 1 atom stereocenters. The fourth-order valence-electron chi connectivity index (χ4n) is 3.19. The van der Waals surface area contributed by atoms with Gasteiger partial charge >= 0.3 is 0 Å². The Labute approximate surface area is 173 Å². The minimum Gasteiger partial charge on any atom is -0.348 e. The molecule has 29 heavy (non-hydrogen) atoms. The Morgan fingerprint density at radius 3 is 2.52 bits per heavy atom. The second-order valence-electron chi connectivity index (χ2n) is 7.09. The molecule has 0 bridgehead atoms. The highest BCUT2D eigenvalue weighted by molar-refractivity contribution is 7.99. The zero-order chi connectivity index (χ0) is 21.0. The zero-order valence-corrected chi connectivity index (χ0v) is 17.5. The van der Waals surface area contributed by atoms with Crippen molar-refractivity contribution in [3.05, 3.63) is 70.3 Å². The smallest absolute Gasteiger partial charge is 0.262 e. The van der Waals surface area contributed by atoms with Crippen molar-refractivity contribution in [1.29, 1.82) is 0 Å². The fraction of sp³-hybridized carbons (Fsp3) is 0.318. The lowest BCUT2D eigenvalue weighted by atomic mass is 9.96. The van der Waals surface area contributed by atoms with E-state index in [0.717, 1.165) is 5.56 Å². The van der Waals surface area contributed by atoms with Crippen LogP contribution in [0.4, 0.5) is 4.39 Å². The summed E-state index contributed by atoms with van der Waals surface area (Å²) in [6, 6.07) is 13.1. The molecule has 0 aliphatic carbocycles. The van der Waals surface area contributed by atoms with Crippen molar-refractivity contribution in [2.24, 2.45) is 5.92 Å². The van der Waals surface area contributed by atoms with Gasteiger partial charge in [-0.25, -0.2) is 9.37 Å². The van der Waals surface area contributed by atoms with Gasteiger partial charge in [-0.2, -0.15) is 0 Å². The summed E-state index contributed by atoms with van der Waals surface area (Å²) in [5.74, 6) is -0.196. The summed E-state index contributed by atoms with van der Waals surface area (Å²) in [5.41, 5.74) is 1.37. The number of thioether (sulfide) groups is 1. The molecule has 0 aliphatic rings. The Kier molecular flexibility index (Phi) is 6.69. The van der Waals surface area contributed by atoms with Gasteiger partial charge in [-0.05, 0) is 42.7 Å². The van der Waals surface area contributed by atoms with Gasteiger partial charge in [-0.1, -0.05) is 49.9 Å². The van der Waals surface area contributed by atoms with Crippen molar-refractivity contribution in [2.75, 3.05) is 5.75 Å². The molecule has 0 saturated heterocycles. The molecular formula is C22H24FN3O2S. The number of halogens is 1. The molecule has 1 unspecified atom stereocenters. The summed E-state index contributed by atoms with van der Waals surface area (Å²) in [6.45, 7) is 6.36. The van der Waals surface area contributed by atoms with Crippen LogP contribution in [0.5, 0.6) is 0 Å². The minimum absolute atomic E-state index is 0.104. The van der Waals surface area contributed by atoms with Gasteiger partial charge in [0, 0.05) is 6.54 Å². The summed E-state index contributed by atoms with van der Waals surface area (Å²) < 4.78 is 14.8. The molecule has 5 nitrogen and oxygen atoms in total. The highest BCUT2D eigenvalue weighted by Crippen LogP contribution is 2.23. The van der Waals surface area contributed by atoms with Crippen molar-refractivity contribution in [2.45, 2.75) is 38.5 Å². The van der Waals surface area contributed by atoms with Gasteiger partial charge in [0.2, 0.25) is 5.91 Å². The number of nitrogens with one attached hydrogen (secondary N) is 1. The average molecular weight is 414 g/mol. The van der Waals surface area contributed by atoms with Crippen molar-refractivity contribution < 1.29 is 9.18 Å². The van der Waals surface area contributed by atoms with Crippen LogP contribution in [0.2, 0.25) is 0 Å². The molecule has 1 amide bonds. The number of aromatic nitrogens is 2. The first kappa shape index (κ1) is 21.0. The van der Waals surface area contributed by atoms with Gasteiger partial charge in [0.15, 0.2) is 5.16 Å². The lowest BCUT2D eigenvalue weighted by Crippen LogP contribution is -2.33. The third-order valence-electron chi connectivity index (χ3n) is 4.69. The lowest BCUT2D eigenvalue weighted by Gasteiger charge is -2.23. The third-order valence-corrected chi connectivity index (χ3v) is 5.66. The van der Waals surface area contributed by atoms with Crippen molar-refractivity contribution in [3.63, 3.8) is 0 Å². The Bertz CT molecular complexity index is 1060. The van der Waals surface area contributed by atoms with E-state index in [2.05, 4.69) is 10.3 Å². The molecule has 0 saturated carbocycles. The Hall–Kier alpha value is -2.67. The number of benzene rings is 2. The van der Waals surface area contributed by atoms with Crippen LogP contribution < -0.4 is 10.9 Å². The van der Waals surface area contributed by atoms with Crippen LogP contribution in [-0.4, -0.2) is 21.2 Å². The first-order valence-corrected chi connectivity index (χ1v) is 10.6. The third kappa shape index (κ3) is 4.85. The van der Waals surface area contributed by atoms with Crippen molar-refractivity contribution in [1.82, 2.24) is 14.9 Å². The van der Waals surface area contributed by atoms with Gasteiger partial charge in [0.1, 0.15) is 5.82 Å². The summed E-state index contributed by atoms with van der Waals surface area (Å²) in [4.78, 5) is 29.8. The standard InChI is InChI=1S/C22H24FN3O2S/c1-4-26-21(28)17-7-5-6-8-18(17)24-22(26)29-13-19(27)25-20(14(2)3)15-9-11-16(23)12-10-15/h5-12,14,20H,4,13H2,1-3H3,(H,25,27). The molecule has 152 valence electrons. The Morgan fingerprint density at radius 1 is 1.17 bits per heavy atom. The topological polar surface area (TPSA) is 64.0 Å². The molecule has 7 heteroatoms. The van der Waals surface area contributed by atoms with Crippen LogP contribution in [0.15, 0.2) is 58.5 Å². The summed E-state index contributed by atoms with van der Waals surface area (Å²) in [5, 5.41) is 4.11. The molecule has 1 aromatic heterocycles. The summed E-state index contributed by atoms with van der Waals surface area (Å²) >= 11 is 1.24. The zero-order valence-electron chi connectivity index (χ0n) is 16.7. The van der Waals surface area contributed by atoms with Crippen molar-refractivity contribution in [3.8, 4) is 0 Å². The number of nitrogens with zero attached hydrogens (tertiary/aromatic N) is 2. The second-order valence-corrected chi connectivity index (χ2v) is 8.03. The van der Waals surface area contributed by atoms with Crippen LogP contribution in [-0.2, 0) is 11.3 Å². The monoisotopic (exact) mass is 413 g/mol. The SMILES string of the molecule is CCn1c(SCC(=O)NC(c2ccc(F)cc2)C(C)C)nc2ccccc2c1=O. The Morgan fingerprint density at radius 2 is 1.86 bits per heavy atom. The van der Waals surface area contributed by atoms with Crippen LogP contribution in [0.25, 0.3) is 10.9 Å². The van der Waals surface area contributed by atoms with Gasteiger partial charge in [-0.3, -0.25) is 14.2 Å². The van der Waals surface area contributed by atoms with Crippen LogP contribution >= 0.6 is 11.8 Å². The van der Waals surface area contributed by atoms with E-state index in [-0.39, 0.29) is 35.0 Å².